The first-order valence-corrected chi connectivity index (χ1v) is 11.1. The summed E-state index contributed by atoms with van der Waals surface area (Å²) in [5.41, 5.74) is 1.39. The summed E-state index contributed by atoms with van der Waals surface area (Å²) in [5, 5.41) is 2.93. The molecule has 4 aromatic rings. The average molecular weight is 460 g/mol. The maximum atomic E-state index is 13.9. The molecule has 174 valence electrons. The molecule has 34 heavy (non-hydrogen) atoms. The minimum Gasteiger partial charge on any atom is -0.493 e. The fraction of sp³-hybridized carbons (Fsp3) is 0.308. The van der Waals surface area contributed by atoms with Crippen LogP contribution in [0.5, 0.6) is 23.0 Å². The van der Waals surface area contributed by atoms with Crippen molar-refractivity contribution in [3.8, 4) is 35.3 Å². The third-order valence-corrected chi connectivity index (χ3v) is 6.30. The Morgan fingerprint density at radius 2 is 1.76 bits per heavy atom. The number of fused-ring (bicyclic) bond motifs is 6. The van der Waals surface area contributed by atoms with E-state index in [-0.39, 0.29) is 12.4 Å². The van der Waals surface area contributed by atoms with Crippen molar-refractivity contribution >= 4 is 32.6 Å². The highest BCUT2D eigenvalue weighted by molar-refractivity contribution is 6.15. The Kier molecular flexibility index (Phi) is 5.64. The molecule has 3 heterocycles. The van der Waals surface area contributed by atoms with Gasteiger partial charge in [-0.3, -0.25) is 14.7 Å². The Hall–Kier alpha value is -3.96. The fourth-order valence-corrected chi connectivity index (χ4v) is 4.51. The van der Waals surface area contributed by atoms with Gasteiger partial charge in [-0.25, -0.2) is 0 Å². The van der Waals surface area contributed by atoms with Crippen LogP contribution in [0.2, 0.25) is 0 Å². The van der Waals surface area contributed by atoms with Crippen molar-refractivity contribution < 1.29 is 18.9 Å². The van der Waals surface area contributed by atoms with E-state index in [0.29, 0.717) is 48.0 Å². The highest BCUT2D eigenvalue weighted by Crippen LogP contribution is 2.40. The van der Waals surface area contributed by atoms with Crippen molar-refractivity contribution in [3.63, 3.8) is 0 Å². The van der Waals surface area contributed by atoms with Crippen LogP contribution in [0.15, 0.2) is 35.3 Å². The van der Waals surface area contributed by atoms with Crippen LogP contribution in [0.4, 0.5) is 0 Å². The van der Waals surface area contributed by atoms with Gasteiger partial charge in [-0.1, -0.05) is 12.8 Å². The molecule has 8 nitrogen and oxygen atoms in total. The summed E-state index contributed by atoms with van der Waals surface area (Å²) in [5.74, 6) is 5.01. The summed E-state index contributed by atoms with van der Waals surface area (Å²) in [7, 11) is 3.13. The molecular weight excluding hydrogens is 434 g/mol. The number of nitrogens with zero attached hydrogens (tertiary/aromatic N) is 3. The third-order valence-electron chi connectivity index (χ3n) is 6.30. The summed E-state index contributed by atoms with van der Waals surface area (Å²) in [4.78, 5) is 20.7. The van der Waals surface area contributed by atoms with Crippen molar-refractivity contribution in [2.24, 2.45) is 0 Å². The van der Waals surface area contributed by atoms with E-state index in [1.54, 1.807) is 31.0 Å². The van der Waals surface area contributed by atoms with Gasteiger partial charge in [0.2, 0.25) is 6.79 Å². The molecule has 0 amide bonds. The summed E-state index contributed by atoms with van der Waals surface area (Å²) < 4.78 is 23.9. The fourth-order valence-electron chi connectivity index (χ4n) is 4.51. The number of aromatic nitrogens is 2. The largest absolute Gasteiger partial charge is 0.493 e. The van der Waals surface area contributed by atoms with Crippen LogP contribution in [0.3, 0.4) is 0 Å². The molecule has 0 aliphatic carbocycles. The lowest BCUT2D eigenvalue weighted by Gasteiger charge is -2.21. The number of pyridine rings is 2. The summed E-state index contributed by atoms with van der Waals surface area (Å²) in [6, 6.07) is 7.31. The maximum Gasteiger partial charge on any atom is 0.259 e. The molecule has 0 fully saturated rings. The van der Waals surface area contributed by atoms with Crippen molar-refractivity contribution in [2.45, 2.75) is 13.5 Å². The predicted octanol–water partition coefficient (Wildman–Crippen LogP) is 3.40. The van der Waals surface area contributed by atoms with Crippen molar-refractivity contribution in [3.05, 3.63) is 40.8 Å². The Morgan fingerprint density at radius 3 is 2.44 bits per heavy atom. The van der Waals surface area contributed by atoms with Crippen molar-refractivity contribution in [1.29, 1.82) is 0 Å². The van der Waals surface area contributed by atoms with Gasteiger partial charge in [0.05, 0.1) is 37.2 Å². The first kappa shape index (κ1) is 21.9. The van der Waals surface area contributed by atoms with E-state index < -0.39 is 0 Å². The van der Waals surface area contributed by atoms with Gasteiger partial charge in [-0.15, -0.1) is 6.42 Å². The topological polar surface area (TPSA) is 75.1 Å². The minimum absolute atomic E-state index is 0.120. The second kappa shape index (κ2) is 8.76. The Labute approximate surface area is 196 Å². The maximum absolute atomic E-state index is 13.9. The summed E-state index contributed by atoms with van der Waals surface area (Å²) >= 11 is 0. The number of benzene rings is 2. The van der Waals surface area contributed by atoms with Crippen LogP contribution in [0.25, 0.3) is 32.6 Å². The molecule has 1 aliphatic heterocycles. The molecule has 5 rings (SSSR count). The SMILES string of the molecule is C#CCN(CC)CCn1c(=O)c2cc(OC)c(OC)cc2c2cnc3cc4c(cc3c21)OCO4. The van der Waals surface area contributed by atoms with E-state index in [4.69, 9.17) is 25.4 Å². The molecule has 1 aliphatic rings. The van der Waals surface area contributed by atoms with E-state index >= 15 is 0 Å². The van der Waals surface area contributed by atoms with E-state index in [9.17, 15) is 4.79 Å². The van der Waals surface area contributed by atoms with Crippen LogP contribution in [0.1, 0.15) is 6.92 Å². The van der Waals surface area contributed by atoms with Gasteiger partial charge in [-0.2, -0.15) is 0 Å². The molecule has 0 bridgehead atoms. The highest BCUT2D eigenvalue weighted by atomic mass is 16.7. The second-order valence-electron chi connectivity index (χ2n) is 8.03. The third kappa shape index (κ3) is 3.45. The number of methoxy groups -OCH3 is 2. The van der Waals surface area contributed by atoms with Crippen LogP contribution >= 0.6 is 0 Å². The molecule has 0 unspecified atom stereocenters. The van der Waals surface area contributed by atoms with Gasteiger partial charge < -0.3 is 23.5 Å². The molecule has 2 aromatic carbocycles. The monoisotopic (exact) mass is 459 g/mol. The molecule has 8 heteroatoms. The van der Waals surface area contributed by atoms with E-state index in [1.807, 2.05) is 18.2 Å². The van der Waals surface area contributed by atoms with Crippen LogP contribution in [-0.4, -0.2) is 55.1 Å². The number of rotatable bonds is 7. The Balaban J connectivity index is 1.85. The van der Waals surface area contributed by atoms with Gasteiger partial charge >= 0.3 is 0 Å². The zero-order valence-electron chi connectivity index (χ0n) is 19.4. The Morgan fingerprint density at radius 1 is 1.06 bits per heavy atom. The number of likely N-dealkylation sites (N-methyl/N-ethyl adjacent to an activating group) is 1. The Bertz CT molecular complexity index is 1520. The first-order valence-electron chi connectivity index (χ1n) is 11.1. The number of ether oxygens (including phenoxy) is 4. The molecule has 0 N–H and O–H groups in total. The average Bonchev–Trinajstić information content (AvgIpc) is 3.32. The molecule has 0 radical (unpaired) electrons. The lowest BCUT2D eigenvalue weighted by Crippen LogP contribution is -2.31. The smallest absolute Gasteiger partial charge is 0.259 e. The molecule has 0 atom stereocenters. The number of terminal acetylenes is 1. The normalized spacial score (nSPS) is 12.6. The molecular formula is C26H25N3O5. The molecule has 0 spiro atoms. The molecule has 0 saturated heterocycles. The van der Waals surface area contributed by atoms with Gasteiger partial charge in [0.1, 0.15) is 0 Å². The zero-order valence-corrected chi connectivity index (χ0v) is 19.4. The zero-order chi connectivity index (χ0) is 23.8. The minimum atomic E-state index is -0.120. The standard InChI is InChI=1S/C26H25N3O5/c1-5-7-28(6-2)8-9-29-25-18-12-23-24(34-15-33-23)13-20(18)27-14-19(25)16-10-21(31-3)22(32-4)11-17(16)26(29)30/h1,10-14H,6-9,15H2,2-4H3. The second-order valence-corrected chi connectivity index (χ2v) is 8.03. The van der Waals surface area contributed by atoms with E-state index in [1.165, 1.54) is 0 Å². The molecule has 0 saturated carbocycles. The van der Waals surface area contributed by atoms with Gasteiger partial charge in [0.25, 0.3) is 5.56 Å². The van der Waals surface area contributed by atoms with E-state index in [2.05, 4.69) is 22.7 Å². The van der Waals surface area contributed by atoms with Crippen LogP contribution in [0, 0.1) is 12.3 Å². The lowest BCUT2D eigenvalue weighted by atomic mass is 10.0. The first-order chi connectivity index (χ1) is 16.6. The lowest BCUT2D eigenvalue weighted by molar-refractivity contribution is 0.174. The quantitative estimate of drug-likeness (QED) is 0.310. The van der Waals surface area contributed by atoms with Gasteiger partial charge in [0.15, 0.2) is 23.0 Å². The van der Waals surface area contributed by atoms with Crippen LogP contribution < -0.4 is 24.5 Å². The highest BCUT2D eigenvalue weighted by Gasteiger charge is 2.21. The van der Waals surface area contributed by atoms with Crippen molar-refractivity contribution in [2.75, 3.05) is 40.6 Å². The number of hydrogen-bond acceptors (Lipinski definition) is 7. The van der Waals surface area contributed by atoms with Gasteiger partial charge in [-0.05, 0) is 24.7 Å². The predicted molar refractivity (Wildman–Crippen MR) is 131 cm³/mol. The summed E-state index contributed by atoms with van der Waals surface area (Å²) in [6.07, 6.45) is 7.33. The van der Waals surface area contributed by atoms with E-state index in [0.717, 1.165) is 33.7 Å². The number of hydrogen-bond donors (Lipinski definition) is 0. The van der Waals surface area contributed by atoms with Crippen LogP contribution in [-0.2, 0) is 6.54 Å². The van der Waals surface area contributed by atoms with Gasteiger partial charge in [0, 0.05) is 41.5 Å². The molecule has 2 aromatic heterocycles. The summed E-state index contributed by atoms with van der Waals surface area (Å²) in [6.45, 7) is 4.61. The van der Waals surface area contributed by atoms with Crippen molar-refractivity contribution in [1.82, 2.24) is 14.5 Å².